The third-order valence-electron chi connectivity index (χ3n) is 3.82. The Labute approximate surface area is 153 Å². The zero-order valence-corrected chi connectivity index (χ0v) is 14.5. The predicted octanol–water partition coefficient (Wildman–Crippen LogP) is 3.96. The lowest BCUT2D eigenvalue weighted by molar-refractivity contribution is -0.122. The van der Waals surface area contributed by atoms with Gasteiger partial charge in [-0.2, -0.15) is 0 Å². The van der Waals surface area contributed by atoms with Gasteiger partial charge in [0.1, 0.15) is 10.1 Å². The molecule has 0 unspecified atom stereocenters. The first-order valence-electron chi connectivity index (χ1n) is 7.49. The molecule has 2 heterocycles. The van der Waals surface area contributed by atoms with E-state index in [-0.39, 0.29) is 18.5 Å². The number of rotatable bonds is 3. The van der Waals surface area contributed by atoms with Crippen molar-refractivity contribution in [2.75, 3.05) is 6.79 Å². The number of fused-ring (bicyclic) bond motifs is 1. The number of benzene rings is 2. The van der Waals surface area contributed by atoms with Crippen molar-refractivity contribution in [1.29, 1.82) is 0 Å². The molecule has 1 saturated heterocycles. The third-order valence-corrected chi connectivity index (χ3v) is 5.20. The van der Waals surface area contributed by atoms with E-state index in [9.17, 15) is 9.18 Å². The third kappa shape index (κ3) is 3.25. The molecule has 0 bridgehead atoms. The quantitative estimate of drug-likeness (QED) is 0.602. The highest BCUT2D eigenvalue weighted by atomic mass is 32.2. The van der Waals surface area contributed by atoms with Gasteiger partial charge in [-0.3, -0.25) is 9.69 Å². The number of halogens is 1. The van der Waals surface area contributed by atoms with Gasteiger partial charge in [-0.1, -0.05) is 42.2 Å². The smallest absolute Gasteiger partial charge is 0.266 e. The van der Waals surface area contributed by atoms with Crippen molar-refractivity contribution >= 4 is 40.3 Å². The van der Waals surface area contributed by atoms with Gasteiger partial charge in [-0.05, 0) is 41.5 Å². The number of hydrogen-bond acceptors (Lipinski definition) is 5. The summed E-state index contributed by atoms with van der Waals surface area (Å²) < 4.78 is 24.1. The Morgan fingerprint density at radius 2 is 1.92 bits per heavy atom. The lowest BCUT2D eigenvalue weighted by Crippen LogP contribution is -2.27. The number of ether oxygens (including phenoxy) is 2. The number of carbonyl (C=O) groups is 1. The Hall–Kier alpha value is -2.38. The number of hydrogen-bond donors (Lipinski definition) is 0. The van der Waals surface area contributed by atoms with Crippen molar-refractivity contribution < 1.29 is 18.7 Å². The van der Waals surface area contributed by atoms with Gasteiger partial charge in [0.15, 0.2) is 11.5 Å². The van der Waals surface area contributed by atoms with Crippen LogP contribution in [0.4, 0.5) is 4.39 Å². The molecule has 0 aliphatic carbocycles. The minimum atomic E-state index is -0.312. The predicted molar refractivity (Wildman–Crippen MR) is 97.7 cm³/mol. The first-order valence-corrected chi connectivity index (χ1v) is 8.72. The van der Waals surface area contributed by atoms with Crippen LogP contribution in [0.2, 0.25) is 0 Å². The highest BCUT2D eigenvalue weighted by Crippen LogP contribution is 2.36. The standard InChI is InChI=1S/C18H12FNO3S2/c19-13-4-1-11(2-5-13)8-16-17(21)20(18(24)25-16)9-12-3-6-14-15(7-12)23-10-22-14/h1-8H,9-10H2/b16-8+. The second-order valence-electron chi connectivity index (χ2n) is 5.51. The topological polar surface area (TPSA) is 38.8 Å². The number of amides is 1. The Bertz CT molecular complexity index is 896. The summed E-state index contributed by atoms with van der Waals surface area (Å²) >= 11 is 6.59. The maximum atomic E-state index is 13.0. The molecule has 2 aromatic carbocycles. The van der Waals surface area contributed by atoms with Gasteiger partial charge in [-0.25, -0.2) is 4.39 Å². The van der Waals surface area contributed by atoms with E-state index in [2.05, 4.69) is 0 Å². The molecule has 126 valence electrons. The maximum Gasteiger partial charge on any atom is 0.266 e. The van der Waals surface area contributed by atoms with Gasteiger partial charge in [0, 0.05) is 0 Å². The van der Waals surface area contributed by atoms with Crippen LogP contribution in [-0.4, -0.2) is 21.9 Å². The van der Waals surface area contributed by atoms with Crippen LogP contribution < -0.4 is 9.47 Å². The van der Waals surface area contributed by atoms with Crippen LogP contribution in [0.15, 0.2) is 47.4 Å². The summed E-state index contributed by atoms with van der Waals surface area (Å²) in [5.74, 6) is 0.902. The summed E-state index contributed by atoms with van der Waals surface area (Å²) in [6, 6.07) is 11.5. The summed E-state index contributed by atoms with van der Waals surface area (Å²) in [7, 11) is 0. The molecule has 0 saturated carbocycles. The fourth-order valence-corrected chi connectivity index (χ4v) is 3.82. The van der Waals surface area contributed by atoms with Crippen molar-refractivity contribution in [3.8, 4) is 11.5 Å². The van der Waals surface area contributed by atoms with E-state index in [1.807, 2.05) is 18.2 Å². The van der Waals surface area contributed by atoms with E-state index in [4.69, 9.17) is 21.7 Å². The SMILES string of the molecule is O=C1/C(=C\c2ccc(F)cc2)SC(=S)N1Cc1ccc2c(c1)OCO2. The van der Waals surface area contributed by atoms with E-state index >= 15 is 0 Å². The minimum absolute atomic E-state index is 0.156. The zero-order valence-electron chi connectivity index (χ0n) is 12.9. The lowest BCUT2D eigenvalue weighted by atomic mass is 10.2. The summed E-state index contributed by atoms with van der Waals surface area (Å²) in [6.07, 6.45) is 1.72. The van der Waals surface area contributed by atoms with Crippen molar-refractivity contribution in [2.45, 2.75) is 6.54 Å². The Balaban J connectivity index is 1.54. The van der Waals surface area contributed by atoms with E-state index in [1.54, 1.807) is 23.1 Å². The molecule has 1 fully saturated rings. The van der Waals surface area contributed by atoms with E-state index in [0.29, 0.717) is 27.3 Å². The number of carbonyl (C=O) groups excluding carboxylic acids is 1. The largest absolute Gasteiger partial charge is 0.454 e. The van der Waals surface area contributed by atoms with Gasteiger partial charge >= 0.3 is 0 Å². The molecule has 7 heteroatoms. The molecule has 0 spiro atoms. The molecule has 0 N–H and O–H groups in total. The Morgan fingerprint density at radius 1 is 1.16 bits per heavy atom. The van der Waals surface area contributed by atoms with Crippen LogP contribution in [0.25, 0.3) is 6.08 Å². The average Bonchev–Trinajstić information content (AvgIpc) is 3.17. The molecule has 4 nitrogen and oxygen atoms in total. The van der Waals surface area contributed by atoms with Crippen molar-refractivity contribution in [2.24, 2.45) is 0 Å². The number of thioether (sulfide) groups is 1. The molecule has 1 amide bonds. The fraction of sp³-hybridized carbons (Fsp3) is 0.111. The normalized spacial score (nSPS) is 17.6. The van der Waals surface area contributed by atoms with Gasteiger partial charge in [-0.15, -0.1) is 0 Å². The molecular formula is C18H12FNO3S2. The van der Waals surface area contributed by atoms with Crippen LogP contribution in [-0.2, 0) is 11.3 Å². The fourth-order valence-electron chi connectivity index (χ4n) is 2.57. The number of thiocarbonyl (C=S) groups is 1. The molecule has 2 aromatic rings. The minimum Gasteiger partial charge on any atom is -0.454 e. The van der Waals surface area contributed by atoms with Crippen molar-refractivity contribution in [3.63, 3.8) is 0 Å². The zero-order chi connectivity index (χ0) is 17.4. The van der Waals surface area contributed by atoms with Gasteiger partial charge < -0.3 is 9.47 Å². The maximum absolute atomic E-state index is 13.0. The van der Waals surface area contributed by atoms with E-state index in [0.717, 1.165) is 11.1 Å². The molecular weight excluding hydrogens is 361 g/mol. The second-order valence-corrected chi connectivity index (χ2v) is 7.18. The van der Waals surface area contributed by atoms with Crippen LogP contribution >= 0.6 is 24.0 Å². The first kappa shape index (κ1) is 16.1. The summed E-state index contributed by atoms with van der Waals surface area (Å²) in [5.41, 5.74) is 1.66. The monoisotopic (exact) mass is 373 g/mol. The Morgan fingerprint density at radius 3 is 2.72 bits per heavy atom. The second kappa shape index (κ2) is 6.50. The van der Waals surface area contributed by atoms with Crippen LogP contribution in [0.1, 0.15) is 11.1 Å². The van der Waals surface area contributed by atoms with Crippen molar-refractivity contribution in [1.82, 2.24) is 4.90 Å². The van der Waals surface area contributed by atoms with Crippen LogP contribution in [0, 0.1) is 5.82 Å². The lowest BCUT2D eigenvalue weighted by Gasteiger charge is -2.14. The van der Waals surface area contributed by atoms with Crippen LogP contribution in [0.5, 0.6) is 11.5 Å². The van der Waals surface area contributed by atoms with Gasteiger partial charge in [0.25, 0.3) is 5.91 Å². The number of nitrogens with zero attached hydrogens (tertiary/aromatic N) is 1. The highest BCUT2D eigenvalue weighted by molar-refractivity contribution is 8.26. The first-order chi connectivity index (χ1) is 12.1. The molecule has 25 heavy (non-hydrogen) atoms. The average molecular weight is 373 g/mol. The molecule has 4 rings (SSSR count). The molecule has 0 aromatic heterocycles. The van der Waals surface area contributed by atoms with E-state index in [1.165, 1.54) is 23.9 Å². The highest BCUT2D eigenvalue weighted by Gasteiger charge is 2.32. The van der Waals surface area contributed by atoms with Crippen molar-refractivity contribution in [3.05, 3.63) is 64.3 Å². The van der Waals surface area contributed by atoms with E-state index < -0.39 is 0 Å². The molecule has 2 aliphatic rings. The summed E-state index contributed by atoms with van der Waals surface area (Å²) in [5, 5.41) is 0. The molecule has 2 aliphatic heterocycles. The molecule has 0 radical (unpaired) electrons. The molecule has 0 atom stereocenters. The van der Waals surface area contributed by atoms with Gasteiger partial charge in [0.2, 0.25) is 6.79 Å². The van der Waals surface area contributed by atoms with Gasteiger partial charge in [0.05, 0.1) is 11.4 Å². The van der Waals surface area contributed by atoms with Crippen LogP contribution in [0.3, 0.4) is 0 Å². The summed E-state index contributed by atoms with van der Waals surface area (Å²) in [4.78, 5) is 14.7. The Kier molecular flexibility index (Phi) is 4.19. The summed E-state index contributed by atoms with van der Waals surface area (Å²) in [6.45, 7) is 0.572.